The number of halogens is 1. The fourth-order valence-electron chi connectivity index (χ4n) is 2.82. The molecule has 0 aromatic heterocycles. The van der Waals surface area contributed by atoms with Crippen molar-refractivity contribution in [1.29, 1.82) is 0 Å². The van der Waals surface area contributed by atoms with E-state index in [1.54, 1.807) is 31.2 Å². The van der Waals surface area contributed by atoms with Crippen LogP contribution in [0.25, 0.3) is 6.08 Å². The third kappa shape index (κ3) is 3.94. The molecule has 0 saturated carbocycles. The minimum Gasteiger partial charge on any atom is -0.493 e. The monoisotopic (exact) mass is 396 g/mol. The third-order valence-corrected chi connectivity index (χ3v) is 4.53. The van der Waals surface area contributed by atoms with Crippen LogP contribution in [-0.2, 0) is 4.79 Å². The Morgan fingerprint density at radius 2 is 1.93 bits per heavy atom. The van der Waals surface area contributed by atoms with E-state index in [1.807, 2.05) is 31.2 Å². The number of carbonyl (C=O) groups is 1. The summed E-state index contributed by atoms with van der Waals surface area (Å²) < 4.78 is 11.0. The summed E-state index contributed by atoms with van der Waals surface area (Å²) in [5, 5.41) is 6.20. The zero-order valence-electron chi connectivity index (χ0n) is 16.0. The minimum atomic E-state index is -0.191. The Morgan fingerprint density at radius 1 is 1.21 bits per heavy atom. The number of carbonyl (C=O) groups excluding carboxylic acids is 1. The number of amides is 1. The maximum atomic E-state index is 12.9. The lowest BCUT2D eigenvalue weighted by Crippen LogP contribution is -2.21. The number of hydrogen-bond donors (Lipinski definition) is 0. The Morgan fingerprint density at radius 3 is 2.57 bits per heavy atom. The molecule has 0 N–H and O–H groups in total. The van der Waals surface area contributed by atoms with E-state index < -0.39 is 0 Å². The molecule has 5 nitrogen and oxygen atoms in total. The van der Waals surface area contributed by atoms with Gasteiger partial charge >= 0.3 is 0 Å². The first kappa shape index (κ1) is 19.7. The van der Waals surface area contributed by atoms with Gasteiger partial charge in [0.1, 0.15) is 6.61 Å². The SMILES string of the molecule is C=CCOc1c(Cl)cc(/C=C2/C(=O)N(c3ccc(C)cc3)N=C2C)cc1OC. The number of ether oxygens (including phenoxy) is 2. The van der Waals surface area contributed by atoms with Gasteiger partial charge in [0.05, 0.1) is 29.1 Å². The van der Waals surface area contributed by atoms with E-state index in [2.05, 4.69) is 11.7 Å². The van der Waals surface area contributed by atoms with Crippen LogP contribution < -0.4 is 14.5 Å². The Hall–Kier alpha value is -3.05. The standard InChI is InChI=1S/C22H21ClN2O3/c1-5-10-28-21-19(23)12-16(13-20(21)27-4)11-18-15(3)24-25(22(18)26)17-8-6-14(2)7-9-17/h5-9,11-13H,1,10H2,2-4H3/b18-11+. The molecule has 144 valence electrons. The number of benzene rings is 2. The number of rotatable bonds is 6. The molecule has 6 heteroatoms. The van der Waals surface area contributed by atoms with Crippen LogP contribution in [0.5, 0.6) is 11.5 Å². The highest BCUT2D eigenvalue weighted by Crippen LogP contribution is 2.37. The quantitative estimate of drug-likeness (QED) is 0.508. The molecule has 1 aliphatic rings. The average Bonchev–Trinajstić information content (AvgIpc) is 2.95. The Bertz CT molecular complexity index is 978. The predicted molar refractivity (Wildman–Crippen MR) is 113 cm³/mol. The second kappa shape index (κ2) is 8.31. The molecule has 0 spiro atoms. The predicted octanol–water partition coefficient (Wildman–Crippen LogP) is 5.03. The van der Waals surface area contributed by atoms with Gasteiger partial charge in [-0.2, -0.15) is 10.1 Å². The van der Waals surface area contributed by atoms with E-state index in [0.717, 1.165) is 16.8 Å². The molecule has 0 unspecified atom stereocenters. The van der Waals surface area contributed by atoms with Gasteiger partial charge in [-0.3, -0.25) is 4.79 Å². The van der Waals surface area contributed by atoms with E-state index in [-0.39, 0.29) is 5.91 Å². The summed E-state index contributed by atoms with van der Waals surface area (Å²) in [7, 11) is 1.54. The van der Waals surface area contributed by atoms with Gasteiger partial charge in [-0.25, -0.2) is 0 Å². The molecule has 0 atom stereocenters. The smallest absolute Gasteiger partial charge is 0.280 e. The molecule has 1 amide bonds. The zero-order chi connectivity index (χ0) is 20.3. The minimum absolute atomic E-state index is 0.191. The maximum Gasteiger partial charge on any atom is 0.280 e. The first-order valence-electron chi connectivity index (χ1n) is 8.74. The first-order chi connectivity index (χ1) is 13.4. The fourth-order valence-corrected chi connectivity index (χ4v) is 3.09. The number of aryl methyl sites for hydroxylation is 1. The number of hydrazone groups is 1. The Labute approximate surface area is 169 Å². The van der Waals surface area contributed by atoms with Crippen molar-refractivity contribution < 1.29 is 14.3 Å². The van der Waals surface area contributed by atoms with Gasteiger partial charge in [-0.05, 0) is 49.8 Å². The summed E-state index contributed by atoms with van der Waals surface area (Å²) in [4.78, 5) is 12.9. The molecule has 0 fully saturated rings. The summed E-state index contributed by atoms with van der Waals surface area (Å²) in [6.07, 6.45) is 3.38. The number of methoxy groups -OCH3 is 1. The van der Waals surface area contributed by atoms with Gasteiger partial charge in [0.25, 0.3) is 5.91 Å². The molecule has 0 bridgehead atoms. The van der Waals surface area contributed by atoms with Crippen molar-refractivity contribution in [3.05, 3.63) is 70.8 Å². The highest BCUT2D eigenvalue weighted by atomic mass is 35.5. The van der Waals surface area contributed by atoms with Gasteiger partial charge in [-0.15, -0.1) is 0 Å². The van der Waals surface area contributed by atoms with E-state index in [0.29, 0.717) is 34.4 Å². The molecule has 2 aromatic rings. The van der Waals surface area contributed by atoms with Crippen molar-refractivity contribution in [3.8, 4) is 11.5 Å². The molecular weight excluding hydrogens is 376 g/mol. The fraction of sp³-hybridized carbons (Fsp3) is 0.182. The maximum absolute atomic E-state index is 12.9. The molecule has 3 rings (SSSR count). The van der Waals surface area contributed by atoms with E-state index in [9.17, 15) is 4.79 Å². The number of anilines is 1. The van der Waals surface area contributed by atoms with Gasteiger partial charge in [0, 0.05) is 0 Å². The van der Waals surface area contributed by atoms with Crippen molar-refractivity contribution >= 4 is 35.0 Å². The van der Waals surface area contributed by atoms with E-state index >= 15 is 0 Å². The van der Waals surface area contributed by atoms with Crippen LogP contribution in [0.2, 0.25) is 5.02 Å². The lowest BCUT2D eigenvalue weighted by atomic mass is 10.1. The van der Waals surface area contributed by atoms with Crippen molar-refractivity contribution in [2.75, 3.05) is 18.7 Å². The highest BCUT2D eigenvalue weighted by molar-refractivity contribution is 6.33. The van der Waals surface area contributed by atoms with Crippen LogP contribution in [0.15, 0.2) is 59.7 Å². The lowest BCUT2D eigenvalue weighted by Gasteiger charge is -2.13. The van der Waals surface area contributed by atoms with Crippen LogP contribution in [-0.4, -0.2) is 25.3 Å². The van der Waals surface area contributed by atoms with Gasteiger partial charge in [0.2, 0.25) is 0 Å². The molecule has 2 aromatic carbocycles. The normalized spacial score (nSPS) is 15.0. The summed E-state index contributed by atoms with van der Waals surface area (Å²) in [5.41, 5.74) is 3.69. The summed E-state index contributed by atoms with van der Waals surface area (Å²) in [6, 6.07) is 11.1. The second-order valence-electron chi connectivity index (χ2n) is 6.33. The van der Waals surface area contributed by atoms with E-state index in [1.165, 1.54) is 12.1 Å². The summed E-state index contributed by atoms with van der Waals surface area (Å²) in [5.74, 6) is 0.732. The van der Waals surface area contributed by atoms with Gasteiger partial charge < -0.3 is 9.47 Å². The molecular formula is C22H21ClN2O3. The van der Waals surface area contributed by atoms with Crippen molar-refractivity contribution in [1.82, 2.24) is 0 Å². The summed E-state index contributed by atoms with van der Waals surface area (Å²) >= 11 is 6.35. The van der Waals surface area contributed by atoms with Crippen molar-refractivity contribution in [2.24, 2.45) is 5.10 Å². The number of nitrogens with zero attached hydrogens (tertiary/aromatic N) is 2. The molecule has 1 aliphatic heterocycles. The largest absolute Gasteiger partial charge is 0.493 e. The second-order valence-corrected chi connectivity index (χ2v) is 6.74. The Balaban J connectivity index is 1.94. The lowest BCUT2D eigenvalue weighted by molar-refractivity contribution is -0.114. The topological polar surface area (TPSA) is 51.1 Å². The van der Waals surface area contributed by atoms with Crippen LogP contribution in [0.3, 0.4) is 0 Å². The van der Waals surface area contributed by atoms with Crippen LogP contribution in [0.4, 0.5) is 5.69 Å². The van der Waals surface area contributed by atoms with E-state index in [4.69, 9.17) is 21.1 Å². The highest BCUT2D eigenvalue weighted by Gasteiger charge is 2.28. The summed E-state index contributed by atoms with van der Waals surface area (Å²) in [6.45, 7) is 7.74. The molecule has 28 heavy (non-hydrogen) atoms. The zero-order valence-corrected chi connectivity index (χ0v) is 16.8. The number of hydrogen-bond acceptors (Lipinski definition) is 4. The van der Waals surface area contributed by atoms with Gasteiger partial charge in [-0.1, -0.05) is 42.0 Å². The molecule has 1 heterocycles. The third-order valence-electron chi connectivity index (χ3n) is 4.25. The molecule has 0 aliphatic carbocycles. The van der Waals surface area contributed by atoms with Gasteiger partial charge in [0.15, 0.2) is 11.5 Å². The van der Waals surface area contributed by atoms with Crippen LogP contribution in [0.1, 0.15) is 18.1 Å². The molecule has 0 radical (unpaired) electrons. The Kier molecular flexibility index (Phi) is 5.85. The van der Waals surface area contributed by atoms with Crippen molar-refractivity contribution in [3.63, 3.8) is 0 Å². The van der Waals surface area contributed by atoms with Crippen molar-refractivity contribution in [2.45, 2.75) is 13.8 Å². The molecule has 0 saturated heterocycles. The average molecular weight is 397 g/mol. The van der Waals surface area contributed by atoms with Crippen LogP contribution >= 0.6 is 11.6 Å². The van der Waals surface area contributed by atoms with Crippen LogP contribution in [0, 0.1) is 6.92 Å². The first-order valence-corrected chi connectivity index (χ1v) is 9.12.